The molecule has 31 heavy (non-hydrogen) atoms. The van der Waals surface area contributed by atoms with E-state index in [4.69, 9.17) is 11.6 Å². The molecule has 1 aromatic carbocycles. The highest BCUT2D eigenvalue weighted by molar-refractivity contribution is 6.31. The van der Waals surface area contributed by atoms with Gasteiger partial charge in [-0.25, -0.2) is 0 Å². The summed E-state index contributed by atoms with van der Waals surface area (Å²) in [5.41, 5.74) is 4.86. The van der Waals surface area contributed by atoms with E-state index < -0.39 is 6.23 Å². The normalized spacial score (nSPS) is 20.0. The Morgan fingerprint density at radius 2 is 1.87 bits per heavy atom. The second-order valence-electron chi connectivity index (χ2n) is 8.61. The van der Waals surface area contributed by atoms with Crippen molar-refractivity contribution in [3.63, 3.8) is 0 Å². The van der Waals surface area contributed by atoms with Crippen LogP contribution in [0.15, 0.2) is 23.0 Å². The zero-order valence-corrected chi connectivity index (χ0v) is 19.6. The number of aryl methyl sites for hydroxylation is 2. The molecular weight excluding hydrogens is 414 g/mol. The molecule has 170 valence electrons. The van der Waals surface area contributed by atoms with E-state index in [1.54, 1.807) is 6.07 Å². The molecule has 1 fully saturated rings. The average molecular weight is 448 g/mol. The number of nitrogens with one attached hydrogen (secondary N) is 2. The average Bonchev–Trinajstić information content (AvgIpc) is 2.71. The van der Waals surface area contributed by atoms with Crippen LogP contribution in [-0.4, -0.2) is 33.9 Å². The number of hydrogen-bond acceptors (Lipinski definition) is 5. The summed E-state index contributed by atoms with van der Waals surface area (Å²) in [4.78, 5) is 17.4. The lowest BCUT2D eigenvalue weighted by Gasteiger charge is -2.38. The molecule has 1 aliphatic rings. The number of H-pyrrole nitrogens is 1. The fourth-order valence-corrected chi connectivity index (χ4v) is 4.89. The highest BCUT2D eigenvalue weighted by atomic mass is 35.5. The zero-order valence-electron chi connectivity index (χ0n) is 18.8. The number of anilines is 1. The first-order valence-electron chi connectivity index (χ1n) is 11.1. The van der Waals surface area contributed by atoms with Gasteiger partial charge in [-0.1, -0.05) is 11.6 Å². The van der Waals surface area contributed by atoms with Crippen LogP contribution in [0.4, 0.5) is 5.69 Å². The maximum absolute atomic E-state index is 12.3. The van der Waals surface area contributed by atoms with Gasteiger partial charge in [0, 0.05) is 46.7 Å². The summed E-state index contributed by atoms with van der Waals surface area (Å²) in [5.74, 6) is 0. The lowest BCUT2D eigenvalue weighted by Crippen LogP contribution is -2.39. The predicted octanol–water partition coefficient (Wildman–Crippen LogP) is 3.86. The van der Waals surface area contributed by atoms with Gasteiger partial charge in [-0.2, -0.15) is 0 Å². The predicted molar refractivity (Wildman–Crippen MR) is 126 cm³/mol. The number of aromatic nitrogens is 1. The van der Waals surface area contributed by atoms with Gasteiger partial charge in [-0.15, -0.1) is 0 Å². The van der Waals surface area contributed by atoms with Gasteiger partial charge in [0.05, 0.1) is 6.10 Å². The molecule has 1 aromatic heterocycles. The van der Waals surface area contributed by atoms with E-state index in [0.29, 0.717) is 22.2 Å². The van der Waals surface area contributed by atoms with Crippen molar-refractivity contribution >= 4 is 17.3 Å². The largest absolute Gasteiger partial charge is 0.393 e. The number of rotatable bonds is 7. The first-order valence-corrected chi connectivity index (χ1v) is 11.4. The Kier molecular flexibility index (Phi) is 7.81. The maximum Gasteiger partial charge on any atom is 0.252 e. The van der Waals surface area contributed by atoms with Crippen molar-refractivity contribution in [3.8, 4) is 0 Å². The molecule has 0 saturated heterocycles. The van der Waals surface area contributed by atoms with Crippen molar-refractivity contribution in [1.29, 1.82) is 0 Å². The molecule has 1 heterocycles. The fourth-order valence-electron chi connectivity index (χ4n) is 4.67. The molecule has 7 heteroatoms. The molecule has 0 spiro atoms. The first-order chi connectivity index (χ1) is 14.7. The van der Waals surface area contributed by atoms with Gasteiger partial charge >= 0.3 is 0 Å². The van der Waals surface area contributed by atoms with Crippen LogP contribution in [0.25, 0.3) is 0 Å². The lowest BCUT2D eigenvalue weighted by atomic mass is 9.91. The molecule has 3 rings (SSSR count). The minimum atomic E-state index is -0.954. The highest BCUT2D eigenvalue weighted by Crippen LogP contribution is 2.35. The van der Waals surface area contributed by atoms with Crippen LogP contribution < -0.4 is 15.8 Å². The number of aromatic amines is 1. The summed E-state index contributed by atoms with van der Waals surface area (Å²) in [5, 5.41) is 24.4. The molecule has 1 atom stereocenters. The van der Waals surface area contributed by atoms with E-state index in [-0.39, 0.29) is 18.2 Å². The molecule has 0 aliphatic heterocycles. The van der Waals surface area contributed by atoms with Crippen LogP contribution >= 0.6 is 11.6 Å². The van der Waals surface area contributed by atoms with E-state index in [9.17, 15) is 15.0 Å². The van der Waals surface area contributed by atoms with Crippen LogP contribution in [0.1, 0.15) is 66.8 Å². The molecule has 2 aromatic rings. The first kappa shape index (κ1) is 23.8. The molecular formula is C24H34ClN3O3. The molecule has 1 saturated carbocycles. The standard InChI is InChI=1S/C24H34ClN3O3/c1-5-28(18-6-8-19(29)9-7-18)22-12-17(25)11-20(16(22)4)23(30)26-13-21-14(2)10-15(3)27-24(21)31/h10-12,18-19,23,26,29-30H,5-9,13H2,1-4H3,(H,27,31). The van der Waals surface area contributed by atoms with Crippen molar-refractivity contribution in [3.05, 3.63) is 61.5 Å². The molecule has 6 nitrogen and oxygen atoms in total. The monoisotopic (exact) mass is 447 g/mol. The summed E-state index contributed by atoms with van der Waals surface area (Å²) in [6.07, 6.45) is 2.33. The number of hydrogen-bond donors (Lipinski definition) is 4. The fraction of sp³-hybridized carbons (Fsp3) is 0.542. The Balaban J connectivity index is 1.83. The number of nitrogens with zero attached hydrogens (tertiary/aromatic N) is 1. The van der Waals surface area contributed by atoms with Gasteiger partial charge in [0.2, 0.25) is 0 Å². The van der Waals surface area contributed by atoms with E-state index in [1.807, 2.05) is 32.9 Å². The van der Waals surface area contributed by atoms with Crippen molar-refractivity contribution in [2.24, 2.45) is 0 Å². The van der Waals surface area contributed by atoms with E-state index in [2.05, 4.69) is 22.1 Å². The van der Waals surface area contributed by atoms with Crippen molar-refractivity contribution in [2.45, 2.75) is 78.3 Å². The molecule has 4 N–H and O–H groups in total. The third-order valence-electron chi connectivity index (χ3n) is 6.40. The van der Waals surface area contributed by atoms with Crippen molar-refractivity contribution in [2.75, 3.05) is 11.4 Å². The number of pyridine rings is 1. The van der Waals surface area contributed by atoms with Gasteiger partial charge in [0.25, 0.3) is 5.56 Å². The minimum absolute atomic E-state index is 0.141. The summed E-state index contributed by atoms with van der Waals surface area (Å²) < 4.78 is 0. The smallest absolute Gasteiger partial charge is 0.252 e. The molecule has 1 unspecified atom stereocenters. The number of benzene rings is 1. The Bertz CT molecular complexity index is 967. The second-order valence-corrected chi connectivity index (χ2v) is 9.05. The quantitative estimate of drug-likeness (QED) is 0.484. The van der Waals surface area contributed by atoms with E-state index in [0.717, 1.165) is 54.7 Å². The van der Waals surface area contributed by atoms with E-state index in [1.165, 1.54) is 0 Å². The zero-order chi connectivity index (χ0) is 22.7. The van der Waals surface area contributed by atoms with Gasteiger partial charge in [-0.3, -0.25) is 10.1 Å². The Hall–Kier alpha value is -1.86. The SMILES string of the molecule is CCN(c1cc(Cl)cc(C(O)NCc2c(C)cc(C)[nH]c2=O)c1C)C1CCC(O)CC1. The summed E-state index contributed by atoms with van der Waals surface area (Å²) in [6.45, 7) is 8.94. The van der Waals surface area contributed by atoms with E-state index >= 15 is 0 Å². The third kappa shape index (κ3) is 5.50. The third-order valence-corrected chi connectivity index (χ3v) is 6.62. The van der Waals surface area contributed by atoms with Gasteiger partial charge in [-0.05, 0) is 82.7 Å². The van der Waals surface area contributed by atoms with Crippen molar-refractivity contribution in [1.82, 2.24) is 10.3 Å². The molecule has 0 amide bonds. The number of aliphatic hydroxyl groups is 2. The Morgan fingerprint density at radius 1 is 1.19 bits per heavy atom. The number of aliphatic hydroxyl groups excluding tert-OH is 2. The summed E-state index contributed by atoms with van der Waals surface area (Å²) >= 11 is 6.45. The lowest BCUT2D eigenvalue weighted by molar-refractivity contribution is 0.121. The van der Waals surface area contributed by atoms with Crippen LogP contribution in [0.5, 0.6) is 0 Å². The van der Waals surface area contributed by atoms with Crippen molar-refractivity contribution < 1.29 is 10.2 Å². The van der Waals surface area contributed by atoms with Gasteiger partial charge < -0.3 is 20.1 Å². The second kappa shape index (κ2) is 10.2. The minimum Gasteiger partial charge on any atom is -0.393 e. The molecule has 0 radical (unpaired) electrons. The van der Waals surface area contributed by atoms with Crippen LogP contribution in [0, 0.1) is 20.8 Å². The molecule has 1 aliphatic carbocycles. The van der Waals surface area contributed by atoms with Crippen LogP contribution in [0.2, 0.25) is 5.02 Å². The van der Waals surface area contributed by atoms with Gasteiger partial charge in [0.15, 0.2) is 0 Å². The summed E-state index contributed by atoms with van der Waals surface area (Å²) in [6, 6.07) is 6.00. The maximum atomic E-state index is 12.3. The number of halogens is 1. The Labute approximate surface area is 189 Å². The summed E-state index contributed by atoms with van der Waals surface area (Å²) in [7, 11) is 0. The highest BCUT2D eigenvalue weighted by Gasteiger charge is 2.26. The van der Waals surface area contributed by atoms with Crippen LogP contribution in [-0.2, 0) is 6.54 Å². The van der Waals surface area contributed by atoms with Gasteiger partial charge in [0.1, 0.15) is 6.23 Å². The Morgan fingerprint density at radius 3 is 2.48 bits per heavy atom. The topological polar surface area (TPSA) is 88.6 Å². The van der Waals surface area contributed by atoms with Crippen LogP contribution in [0.3, 0.4) is 0 Å². The molecule has 0 bridgehead atoms.